The van der Waals surface area contributed by atoms with Crippen LogP contribution in [0.2, 0.25) is 0 Å². The molecule has 2 nitrogen and oxygen atoms in total. The second-order valence-corrected chi connectivity index (χ2v) is 5.11. The Balaban J connectivity index is 2.17. The van der Waals surface area contributed by atoms with E-state index in [1.54, 1.807) is 0 Å². The molecule has 0 bridgehead atoms. The number of likely N-dealkylation sites (tertiary alicyclic amines) is 1. The number of hydrogen-bond donors (Lipinski definition) is 0. The average Bonchev–Trinajstić information content (AvgIpc) is 2.29. The number of rotatable bonds is 3. The number of carbonyl (C=O) groups is 1. The summed E-state index contributed by atoms with van der Waals surface area (Å²) in [5, 5.41) is -0.388. The van der Waals surface area contributed by atoms with Gasteiger partial charge in [-0.05, 0) is 11.5 Å². The summed E-state index contributed by atoms with van der Waals surface area (Å²) >= 11 is 6.09. The third kappa shape index (κ3) is 1.94. The van der Waals surface area contributed by atoms with Crippen molar-refractivity contribution in [3.63, 3.8) is 0 Å². The highest BCUT2D eigenvalue weighted by atomic mass is 35.5. The summed E-state index contributed by atoms with van der Waals surface area (Å²) in [4.78, 5) is 13.5. The summed E-state index contributed by atoms with van der Waals surface area (Å²) in [6.07, 6.45) is 0. The number of nitrogens with zero attached hydrogens (tertiary/aromatic N) is 1. The van der Waals surface area contributed by atoms with Crippen LogP contribution in [0.4, 0.5) is 0 Å². The predicted molar refractivity (Wildman–Crippen MR) is 65.4 cm³/mol. The molecule has 1 aromatic carbocycles. The number of hydrogen-bond acceptors (Lipinski definition) is 1. The number of halogens is 1. The Labute approximate surface area is 101 Å². The molecule has 1 aliphatic heterocycles. The van der Waals surface area contributed by atoms with Crippen molar-refractivity contribution in [2.45, 2.75) is 25.3 Å². The number of carbonyl (C=O) groups excluding carboxylic acids is 1. The first-order valence-corrected chi connectivity index (χ1v) is 6.04. The van der Waals surface area contributed by atoms with E-state index in [4.69, 9.17) is 11.6 Å². The topological polar surface area (TPSA) is 20.3 Å². The van der Waals surface area contributed by atoms with Gasteiger partial charge in [0.15, 0.2) is 0 Å². The van der Waals surface area contributed by atoms with Gasteiger partial charge in [-0.3, -0.25) is 4.79 Å². The van der Waals surface area contributed by atoms with Crippen LogP contribution < -0.4 is 0 Å². The predicted octanol–water partition coefficient (Wildman–Crippen LogP) is 2.83. The van der Waals surface area contributed by atoms with Gasteiger partial charge in [0.05, 0.1) is 6.04 Å². The number of β-lactam (4-membered cyclic amide) rings is 1. The van der Waals surface area contributed by atoms with E-state index in [0.717, 1.165) is 12.1 Å². The van der Waals surface area contributed by atoms with Gasteiger partial charge in [0.2, 0.25) is 5.91 Å². The Morgan fingerprint density at radius 2 is 1.94 bits per heavy atom. The smallest absolute Gasteiger partial charge is 0.243 e. The molecule has 0 N–H and O–H groups in total. The van der Waals surface area contributed by atoms with Crippen molar-refractivity contribution in [1.29, 1.82) is 0 Å². The lowest BCUT2D eigenvalue weighted by Crippen LogP contribution is -2.57. The molecule has 1 fully saturated rings. The highest BCUT2D eigenvalue weighted by Crippen LogP contribution is 2.38. The second kappa shape index (κ2) is 4.46. The SMILES string of the molecule is CC(C)CN1C(=O)[C@@H](Cl)[C@H]1c1ccccc1. The van der Waals surface area contributed by atoms with Crippen molar-refractivity contribution in [3.8, 4) is 0 Å². The standard InChI is InChI=1S/C13H16ClNO/c1-9(2)8-15-12(11(14)13(15)16)10-6-4-3-5-7-10/h3-7,9,11-12H,8H2,1-2H3/t11-,12+/m0/s1. The molecule has 0 spiro atoms. The Morgan fingerprint density at radius 1 is 1.31 bits per heavy atom. The van der Waals surface area contributed by atoms with Crippen LogP contribution in [0.3, 0.4) is 0 Å². The Morgan fingerprint density at radius 3 is 2.50 bits per heavy atom. The monoisotopic (exact) mass is 237 g/mol. The van der Waals surface area contributed by atoms with Gasteiger partial charge in [-0.2, -0.15) is 0 Å². The molecular formula is C13H16ClNO. The third-order valence-electron chi connectivity index (χ3n) is 2.83. The van der Waals surface area contributed by atoms with Crippen LogP contribution in [0, 0.1) is 5.92 Å². The fourth-order valence-corrected chi connectivity index (χ4v) is 2.51. The molecule has 0 saturated carbocycles. The summed E-state index contributed by atoms with van der Waals surface area (Å²) in [7, 11) is 0. The van der Waals surface area contributed by atoms with Gasteiger partial charge in [0.1, 0.15) is 5.38 Å². The maximum absolute atomic E-state index is 11.7. The van der Waals surface area contributed by atoms with Crippen LogP contribution in [-0.4, -0.2) is 22.7 Å². The minimum absolute atomic E-state index is 0.0535. The minimum Gasteiger partial charge on any atom is -0.332 e. The van der Waals surface area contributed by atoms with Crippen molar-refractivity contribution in [2.75, 3.05) is 6.54 Å². The molecule has 86 valence electrons. The van der Waals surface area contributed by atoms with Gasteiger partial charge < -0.3 is 4.90 Å². The first kappa shape index (κ1) is 11.5. The molecule has 2 rings (SSSR count). The molecule has 0 radical (unpaired) electrons. The summed E-state index contributed by atoms with van der Waals surface area (Å²) in [6.45, 7) is 5.00. The molecular weight excluding hydrogens is 222 g/mol. The van der Waals surface area contributed by atoms with Crippen molar-refractivity contribution in [2.24, 2.45) is 5.92 Å². The highest BCUT2D eigenvalue weighted by Gasteiger charge is 2.46. The van der Waals surface area contributed by atoms with Crippen LogP contribution in [-0.2, 0) is 4.79 Å². The van der Waals surface area contributed by atoms with E-state index in [1.807, 2.05) is 35.2 Å². The van der Waals surface area contributed by atoms with Gasteiger partial charge >= 0.3 is 0 Å². The van der Waals surface area contributed by atoms with Crippen molar-refractivity contribution >= 4 is 17.5 Å². The van der Waals surface area contributed by atoms with Crippen molar-refractivity contribution in [3.05, 3.63) is 35.9 Å². The summed E-state index contributed by atoms with van der Waals surface area (Å²) in [6, 6.07) is 10.0. The molecule has 16 heavy (non-hydrogen) atoms. The number of alkyl halides is 1. The fraction of sp³-hybridized carbons (Fsp3) is 0.462. The van der Waals surface area contributed by atoms with Crippen LogP contribution in [0.25, 0.3) is 0 Å². The number of amides is 1. The lowest BCUT2D eigenvalue weighted by atomic mass is 9.92. The van der Waals surface area contributed by atoms with Crippen LogP contribution >= 0.6 is 11.6 Å². The summed E-state index contributed by atoms with van der Waals surface area (Å²) in [5.74, 6) is 0.531. The molecule has 0 aromatic heterocycles. The molecule has 1 amide bonds. The van der Waals surface area contributed by atoms with Gasteiger partial charge in [0, 0.05) is 6.54 Å². The first-order chi connectivity index (χ1) is 7.61. The Kier molecular flexibility index (Phi) is 3.20. The molecule has 3 heteroatoms. The zero-order chi connectivity index (χ0) is 11.7. The van der Waals surface area contributed by atoms with E-state index in [2.05, 4.69) is 13.8 Å². The fourth-order valence-electron chi connectivity index (χ4n) is 2.10. The summed E-state index contributed by atoms with van der Waals surface area (Å²) in [5.41, 5.74) is 1.13. The normalized spacial score (nSPS) is 24.8. The van der Waals surface area contributed by atoms with Crippen LogP contribution in [0.1, 0.15) is 25.5 Å². The van der Waals surface area contributed by atoms with E-state index < -0.39 is 0 Å². The summed E-state index contributed by atoms with van der Waals surface area (Å²) < 4.78 is 0. The zero-order valence-electron chi connectivity index (χ0n) is 9.56. The van der Waals surface area contributed by atoms with Crippen molar-refractivity contribution < 1.29 is 4.79 Å². The van der Waals surface area contributed by atoms with Gasteiger partial charge in [-0.25, -0.2) is 0 Å². The van der Waals surface area contributed by atoms with Crippen LogP contribution in [0.5, 0.6) is 0 Å². The quantitative estimate of drug-likeness (QED) is 0.585. The molecule has 1 aliphatic rings. The van der Waals surface area contributed by atoms with Gasteiger partial charge in [-0.1, -0.05) is 44.2 Å². The largest absolute Gasteiger partial charge is 0.332 e. The lowest BCUT2D eigenvalue weighted by Gasteiger charge is -2.45. The maximum Gasteiger partial charge on any atom is 0.243 e. The van der Waals surface area contributed by atoms with E-state index >= 15 is 0 Å². The third-order valence-corrected chi connectivity index (χ3v) is 3.26. The van der Waals surface area contributed by atoms with E-state index in [0.29, 0.717) is 5.92 Å². The molecule has 0 unspecified atom stereocenters. The zero-order valence-corrected chi connectivity index (χ0v) is 10.3. The van der Waals surface area contributed by atoms with E-state index in [1.165, 1.54) is 0 Å². The molecule has 1 aromatic rings. The number of benzene rings is 1. The maximum atomic E-state index is 11.7. The lowest BCUT2D eigenvalue weighted by molar-refractivity contribution is -0.146. The minimum atomic E-state index is -0.388. The second-order valence-electron chi connectivity index (χ2n) is 4.64. The van der Waals surface area contributed by atoms with Gasteiger partial charge in [-0.15, -0.1) is 11.6 Å². The molecule has 1 heterocycles. The molecule has 1 saturated heterocycles. The van der Waals surface area contributed by atoms with Gasteiger partial charge in [0.25, 0.3) is 0 Å². The molecule has 0 aliphatic carbocycles. The van der Waals surface area contributed by atoms with E-state index in [9.17, 15) is 4.79 Å². The Hall–Kier alpha value is -1.02. The van der Waals surface area contributed by atoms with Crippen LogP contribution in [0.15, 0.2) is 30.3 Å². The highest BCUT2D eigenvalue weighted by molar-refractivity contribution is 6.33. The Bertz CT molecular complexity index is 377. The van der Waals surface area contributed by atoms with E-state index in [-0.39, 0.29) is 17.3 Å². The van der Waals surface area contributed by atoms with Crippen molar-refractivity contribution in [1.82, 2.24) is 4.90 Å². The average molecular weight is 238 g/mol. The first-order valence-electron chi connectivity index (χ1n) is 5.60. The molecule has 2 atom stereocenters.